The maximum Gasteiger partial charge on any atom is 0.134 e. The van der Waals surface area contributed by atoms with E-state index in [0.717, 1.165) is 34.6 Å². The molecule has 2 rings (SSSR count). The summed E-state index contributed by atoms with van der Waals surface area (Å²) in [6.45, 7) is 6.83. The van der Waals surface area contributed by atoms with E-state index < -0.39 is 0 Å². The van der Waals surface area contributed by atoms with Gasteiger partial charge in [-0.25, -0.2) is 0 Å². The molecule has 22 heavy (non-hydrogen) atoms. The van der Waals surface area contributed by atoms with Crippen molar-refractivity contribution in [2.45, 2.75) is 26.5 Å². The molecule has 5 heteroatoms. The third-order valence-electron chi connectivity index (χ3n) is 3.33. The van der Waals surface area contributed by atoms with E-state index in [1.165, 1.54) is 5.56 Å². The maximum atomic E-state index is 9.14. The summed E-state index contributed by atoms with van der Waals surface area (Å²) in [7, 11) is 0. The molecule has 0 amide bonds. The quantitative estimate of drug-likeness (QED) is 0.628. The molecule has 1 heterocycles. The number of furan rings is 1. The standard InChI is InChI=1S/C17H23BrN2O2/c1-12-9-14(18)3-5-16(12)17-6-4-15(22-17)11-20-8-7-19-10-13(2)21/h3-6,9,13,19-21H,7-8,10-11H2,1-2H3/t13-/m0/s1. The molecule has 0 fully saturated rings. The Morgan fingerprint density at radius 2 is 1.95 bits per heavy atom. The first-order chi connectivity index (χ1) is 10.6. The Kier molecular flexibility index (Phi) is 6.64. The van der Waals surface area contributed by atoms with Crippen LogP contribution in [0.3, 0.4) is 0 Å². The van der Waals surface area contributed by atoms with Crippen molar-refractivity contribution in [3.8, 4) is 11.3 Å². The van der Waals surface area contributed by atoms with Gasteiger partial charge in [0.15, 0.2) is 0 Å². The van der Waals surface area contributed by atoms with Crippen LogP contribution in [-0.2, 0) is 6.54 Å². The molecular formula is C17H23BrN2O2. The van der Waals surface area contributed by atoms with Crippen molar-refractivity contribution in [3.63, 3.8) is 0 Å². The monoisotopic (exact) mass is 366 g/mol. The number of nitrogens with one attached hydrogen (secondary N) is 2. The van der Waals surface area contributed by atoms with E-state index in [4.69, 9.17) is 9.52 Å². The van der Waals surface area contributed by atoms with Crippen LogP contribution in [0.4, 0.5) is 0 Å². The zero-order valence-corrected chi connectivity index (χ0v) is 14.6. The zero-order chi connectivity index (χ0) is 15.9. The molecule has 1 atom stereocenters. The summed E-state index contributed by atoms with van der Waals surface area (Å²) in [5, 5.41) is 15.6. The predicted octanol–water partition coefficient (Wildman–Crippen LogP) is 3.08. The SMILES string of the molecule is Cc1cc(Br)ccc1-c1ccc(CNCCNC[C@H](C)O)o1. The lowest BCUT2D eigenvalue weighted by molar-refractivity contribution is 0.191. The van der Waals surface area contributed by atoms with Gasteiger partial charge in [0.1, 0.15) is 11.5 Å². The van der Waals surface area contributed by atoms with Crippen molar-refractivity contribution < 1.29 is 9.52 Å². The minimum absolute atomic E-state index is 0.304. The molecule has 1 aromatic heterocycles. The van der Waals surface area contributed by atoms with Crippen LogP contribution in [-0.4, -0.2) is 30.8 Å². The second-order valence-electron chi connectivity index (χ2n) is 5.46. The van der Waals surface area contributed by atoms with Crippen molar-refractivity contribution >= 4 is 15.9 Å². The Hall–Kier alpha value is -1.14. The van der Waals surface area contributed by atoms with Gasteiger partial charge in [-0.05, 0) is 49.7 Å². The number of benzene rings is 1. The van der Waals surface area contributed by atoms with E-state index in [9.17, 15) is 0 Å². The molecule has 0 radical (unpaired) electrons. The molecular weight excluding hydrogens is 344 g/mol. The number of hydrogen-bond donors (Lipinski definition) is 3. The van der Waals surface area contributed by atoms with Gasteiger partial charge in [-0.15, -0.1) is 0 Å². The summed E-state index contributed by atoms with van der Waals surface area (Å²) < 4.78 is 6.97. The average molecular weight is 367 g/mol. The fraction of sp³-hybridized carbons (Fsp3) is 0.412. The summed E-state index contributed by atoms with van der Waals surface area (Å²) in [4.78, 5) is 0. The molecule has 0 spiro atoms. The number of halogens is 1. The van der Waals surface area contributed by atoms with Crippen LogP contribution in [0.25, 0.3) is 11.3 Å². The Balaban J connectivity index is 1.81. The highest BCUT2D eigenvalue weighted by Crippen LogP contribution is 2.27. The van der Waals surface area contributed by atoms with Crippen molar-refractivity contribution in [1.82, 2.24) is 10.6 Å². The van der Waals surface area contributed by atoms with Crippen LogP contribution in [0.1, 0.15) is 18.2 Å². The normalized spacial score (nSPS) is 12.5. The first-order valence-corrected chi connectivity index (χ1v) is 8.30. The number of rotatable bonds is 8. The van der Waals surface area contributed by atoms with Crippen molar-refractivity contribution in [2.24, 2.45) is 0 Å². The molecule has 1 aromatic carbocycles. The predicted molar refractivity (Wildman–Crippen MR) is 92.8 cm³/mol. The Labute approximate surface area is 140 Å². The average Bonchev–Trinajstić information content (AvgIpc) is 2.91. The van der Waals surface area contributed by atoms with Crippen LogP contribution in [0.2, 0.25) is 0 Å². The van der Waals surface area contributed by atoms with Gasteiger partial charge >= 0.3 is 0 Å². The second kappa shape index (κ2) is 8.48. The van der Waals surface area contributed by atoms with E-state index in [0.29, 0.717) is 13.1 Å². The summed E-state index contributed by atoms with van der Waals surface area (Å²) in [6.07, 6.45) is -0.304. The third kappa shape index (κ3) is 5.25. The largest absolute Gasteiger partial charge is 0.460 e. The van der Waals surface area contributed by atoms with Gasteiger partial charge in [-0.1, -0.05) is 15.9 Å². The number of aryl methyl sites for hydroxylation is 1. The van der Waals surface area contributed by atoms with E-state index >= 15 is 0 Å². The van der Waals surface area contributed by atoms with Gasteiger partial charge in [0.25, 0.3) is 0 Å². The first-order valence-electron chi connectivity index (χ1n) is 7.51. The highest BCUT2D eigenvalue weighted by Gasteiger charge is 2.07. The van der Waals surface area contributed by atoms with Crippen LogP contribution < -0.4 is 10.6 Å². The van der Waals surface area contributed by atoms with Crippen LogP contribution in [0, 0.1) is 6.92 Å². The fourth-order valence-corrected chi connectivity index (χ4v) is 2.70. The van der Waals surface area contributed by atoms with Crippen molar-refractivity contribution in [2.75, 3.05) is 19.6 Å². The highest BCUT2D eigenvalue weighted by molar-refractivity contribution is 9.10. The molecule has 0 saturated heterocycles. The molecule has 0 aliphatic heterocycles. The molecule has 3 N–H and O–H groups in total. The van der Waals surface area contributed by atoms with Gasteiger partial charge in [0.05, 0.1) is 12.6 Å². The van der Waals surface area contributed by atoms with Crippen molar-refractivity contribution in [1.29, 1.82) is 0 Å². The molecule has 0 aliphatic rings. The van der Waals surface area contributed by atoms with Gasteiger partial charge < -0.3 is 20.2 Å². The molecule has 4 nitrogen and oxygen atoms in total. The van der Waals surface area contributed by atoms with E-state index in [2.05, 4.69) is 45.6 Å². The lowest BCUT2D eigenvalue weighted by atomic mass is 10.1. The maximum absolute atomic E-state index is 9.14. The topological polar surface area (TPSA) is 57.4 Å². The van der Waals surface area contributed by atoms with E-state index in [-0.39, 0.29) is 6.10 Å². The summed E-state index contributed by atoms with van der Waals surface area (Å²) in [6, 6.07) is 10.2. The summed E-state index contributed by atoms with van der Waals surface area (Å²) in [5.41, 5.74) is 2.30. The molecule has 0 bridgehead atoms. The lowest BCUT2D eigenvalue weighted by Gasteiger charge is -2.07. The second-order valence-corrected chi connectivity index (χ2v) is 6.37. The molecule has 120 valence electrons. The minimum Gasteiger partial charge on any atom is -0.460 e. The van der Waals surface area contributed by atoms with Gasteiger partial charge in [0, 0.05) is 29.7 Å². The number of aliphatic hydroxyl groups is 1. The molecule has 0 aliphatic carbocycles. The highest BCUT2D eigenvalue weighted by atomic mass is 79.9. The number of aliphatic hydroxyl groups excluding tert-OH is 1. The van der Waals surface area contributed by atoms with E-state index in [1.807, 2.05) is 18.2 Å². The number of hydrogen-bond acceptors (Lipinski definition) is 4. The Morgan fingerprint density at radius 3 is 2.68 bits per heavy atom. The molecule has 0 saturated carbocycles. The van der Waals surface area contributed by atoms with Gasteiger partial charge in [0.2, 0.25) is 0 Å². The van der Waals surface area contributed by atoms with Gasteiger partial charge in [-0.3, -0.25) is 0 Å². The van der Waals surface area contributed by atoms with E-state index in [1.54, 1.807) is 6.92 Å². The van der Waals surface area contributed by atoms with Gasteiger partial charge in [-0.2, -0.15) is 0 Å². The minimum atomic E-state index is -0.304. The summed E-state index contributed by atoms with van der Waals surface area (Å²) in [5.74, 6) is 1.82. The first kappa shape index (κ1) is 17.2. The van der Waals surface area contributed by atoms with Crippen molar-refractivity contribution in [3.05, 3.63) is 46.1 Å². The smallest absolute Gasteiger partial charge is 0.134 e. The summed E-state index contributed by atoms with van der Waals surface area (Å²) >= 11 is 3.48. The van der Waals surface area contributed by atoms with Crippen LogP contribution in [0.5, 0.6) is 0 Å². The fourth-order valence-electron chi connectivity index (χ4n) is 2.22. The zero-order valence-electron chi connectivity index (χ0n) is 13.0. The molecule has 0 unspecified atom stereocenters. The Bertz CT molecular complexity index is 596. The van der Waals surface area contributed by atoms with Crippen LogP contribution >= 0.6 is 15.9 Å². The molecule has 2 aromatic rings. The lowest BCUT2D eigenvalue weighted by Crippen LogP contribution is -2.31. The third-order valence-corrected chi connectivity index (χ3v) is 3.83. The van der Waals surface area contributed by atoms with Crippen LogP contribution in [0.15, 0.2) is 39.2 Å². The Morgan fingerprint density at radius 1 is 1.18 bits per heavy atom.